The fourth-order valence-electron chi connectivity index (χ4n) is 1.99. The minimum Gasteiger partial charge on any atom is -0.292 e. The third kappa shape index (κ3) is 3.19. The molecular formula is C16H14F2N2. The summed E-state index contributed by atoms with van der Waals surface area (Å²) in [5, 5.41) is 12.3. The number of rotatable bonds is 4. The van der Waals surface area contributed by atoms with E-state index >= 15 is 0 Å². The van der Waals surface area contributed by atoms with Crippen molar-refractivity contribution in [3.63, 3.8) is 0 Å². The predicted molar refractivity (Wildman–Crippen MR) is 72.7 cm³/mol. The highest BCUT2D eigenvalue weighted by molar-refractivity contribution is 5.27. The zero-order valence-corrected chi connectivity index (χ0v) is 11.0. The molecule has 0 amide bonds. The van der Waals surface area contributed by atoms with Crippen LogP contribution in [0.5, 0.6) is 0 Å². The lowest BCUT2D eigenvalue weighted by Gasteiger charge is -2.19. The van der Waals surface area contributed by atoms with E-state index in [-0.39, 0.29) is 6.04 Å². The van der Waals surface area contributed by atoms with Crippen LogP contribution in [0.1, 0.15) is 30.1 Å². The van der Waals surface area contributed by atoms with Gasteiger partial charge < -0.3 is 0 Å². The van der Waals surface area contributed by atoms with Crippen molar-refractivity contribution >= 4 is 0 Å². The van der Waals surface area contributed by atoms with E-state index in [1.54, 1.807) is 0 Å². The number of benzene rings is 2. The van der Waals surface area contributed by atoms with Crippen molar-refractivity contribution in [2.24, 2.45) is 0 Å². The molecule has 0 aliphatic heterocycles. The van der Waals surface area contributed by atoms with Gasteiger partial charge in [0.05, 0.1) is 6.07 Å². The molecule has 0 spiro atoms. The van der Waals surface area contributed by atoms with Gasteiger partial charge in [-0.3, -0.25) is 5.32 Å². The van der Waals surface area contributed by atoms with Crippen LogP contribution in [0.15, 0.2) is 48.5 Å². The van der Waals surface area contributed by atoms with Crippen LogP contribution >= 0.6 is 0 Å². The number of hydrogen-bond acceptors (Lipinski definition) is 2. The second-order valence-corrected chi connectivity index (χ2v) is 4.53. The zero-order valence-electron chi connectivity index (χ0n) is 11.0. The van der Waals surface area contributed by atoms with Gasteiger partial charge in [-0.25, -0.2) is 8.78 Å². The quantitative estimate of drug-likeness (QED) is 0.916. The third-order valence-corrected chi connectivity index (χ3v) is 3.12. The monoisotopic (exact) mass is 272 g/mol. The van der Waals surface area contributed by atoms with Gasteiger partial charge in [0.1, 0.15) is 6.04 Å². The molecule has 2 aromatic rings. The number of hydrogen-bond donors (Lipinski definition) is 1. The van der Waals surface area contributed by atoms with E-state index < -0.39 is 17.7 Å². The van der Waals surface area contributed by atoms with Gasteiger partial charge in [-0.15, -0.1) is 0 Å². The molecule has 0 aromatic heterocycles. The average molecular weight is 272 g/mol. The molecule has 0 saturated carbocycles. The lowest BCUT2D eigenvalue weighted by molar-refractivity contribution is 0.497. The van der Waals surface area contributed by atoms with Crippen molar-refractivity contribution in [2.75, 3.05) is 0 Å². The minimum absolute atomic E-state index is 0.0750. The fraction of sp³-hybridized carbons (Fsp3) is 0.188. The Balaban J connectivity index is 2.17. The van der Waals surface area contributed by atoms with Gasteiger partial charge in [-0.05, 0) is 30.2 Å². The second kappa shape index (κ2) is 6.27. The summed E-state index contributed by atoms with van der Waals surface area (Å²) in [5.41, 5.74) is 1.43. The maximum Gasteiger partial charge on any atom is 0.159 e. The summed E-state index contributed by atoms with van der Waals surface area (Å²) in [7, 11) is 0. The van der Waals surface area contributed by atoms with E-state index in [9.17, 15) is 14.0 Å². The Kier molecular flexibility index (Phi) is 4.44. The summed E-state index contributed by atoms with van der Waals surface area (Å²) in [6.07, 6.45) is 0. The van der Waals surface area contributed by atoms with Crippen molar-refractivity contribution in [1.29, 1.82) is 5.26 Å². The normalized spacial score (nSPS) is 13.5. The third-order valence-electron chi connectivity index (χ3n) is 3.12. The Morgan fingerprint density at radius 1 is 1.00 bits per heavy atom. The summed E-state index contributed by atoms with van der Waals surface area (Å²) in [6.45, 7) is 1.92. The van der Waals surface area contributed by atoms with Crippen LogP contribution in [0.3, 0.4) is 0 Å². The van der Waals surface area contributed by atoms with E-state index in [1.165, 1.54) is 6.07 Å². The van der Waals surface area contributed by atoms with E-state index in [0.29, 0.717) is 5.56 Å². The van der Waals surface area contributed by atoms with E-state index in [0.717, 1.165) is 17.7 Å². The first kappa shape index (κ1) is 14.2. The smallest absolute Gasteiger partial charge is 0.159 e. The van der Waals surface area contributed by atoms with Gasteiger partial charge in [0, 0.05) is 6.04 Å². The molecular weight excluding hydrogens is 258 g/mol. The molecule has 0 radical (unpaired) electrons. The Bertz CT molecular complexity index is 620. The summed E-state index contributed by atoms with van der Waals surface area (Å²) in [6, 6.07) is 14.4. The van der Waals surface area contributed by atoms with Gasteiger partial charge in [0.2, 0.25) is 0 Å². The molecule has 0 heterocycles. The van der Waals surface area contributed by atoms with Crippen LogP contribution in [-0.4, -0.2) is 0 Å². The molecule has 0 fully saturated rings. The van der Waals surface area contributed by atoms with Crippen molar-refractivity contribution < 1.29 is 8.78 Å². The van der Waals surface area contributed by atoms with E-state index in [1.807, 2.05) is 37.3 Å². The molecule has 1 N–H and O–H groups in total. The van der Waals surface area contributed by atoms with Crippen molar-refractivity contribution in [3.05, 3.63) is 71.3 Å². The van der Waals surface area contributed by atoms with Crippen LogP contribution in [0.2, 0.25) is 0 Å². The van der Waals surface area contributed by atoms with Gasteiger partial charge in [-0.2, -0.15) is 5.26 Å². The highest BCUT2D eigenvalue weighted by atomic mass is 19.2. The Hall–Kier alpha value is -2.25. The SMILES string of the molecule is CC(NC(C#N)c1ccc(F)c(F)c1)c1ccccc1. The molecule has 2 rings (SSSR count). The summed E-state index contributed by atoms with van der Waals surface area (Å²) >= 11 is 0. The molecule has 2 unspecified atom stereocenters. The van der Waals surface area contributed by atoms with Gasteiger partial charge >= 0.3 is 0 Å². The van der Waals surface area contributed by atoms with Crippen molar-refractivity contribution in [1.82, 2.24) is 5.32 Å². The molecule has 0 saturated heterocycles. The first-order chi connectivity index (χ1) is 9.61. The molecule has 102 valence electrons. The fourth-order valence-corrected chi connectivity index (χ4v) is 1.99. The highest BCUT2D eigenvalue weighted by Gasteiger charge is 2.16. The molecule has 20 heavy (non-hydrogen) atoms. The van der Waals surface area contributed by atoms with Crippen LogP contribution in [0.25, 0.3) is 0 Å². The van der Waals surface area contributed by atoms with Crippen molar-refractivity contribution in [3.8, 4) is 6.07 Å². The second-order valence-electron chi connectivity index (χ2n) is 4.53. The van der Waals surface area contributed by atoms with E-state index in [2.05, 4.69) is 11.4 Å². The Labute approximate surface area is 116 Å². The standard InChI is InChI=1S/C16H14F2N2/c1-11(12-5-3-2-4-6-12)20-16(10-19)13-7-8-14(17)15(18)9-13/h2-9,11,16,20H,1H3. The Morgan fingerprint density at radius 2 is 1.70 bits per heavy atom. The largest absolute Gasteiger partial charge is 0.292 e. The zero-order chi connectivity index (χ0) is 14.5. The molecule has 4 heteroatoms. The maximum absolute atomic E-state index is 13.2. The number of halogens is 2. The molecule has 2 atom stereocenters. The topological polar surface area (TPSA) is 35.8 Å². The molecule has 0 aliphatic carbocycles. The average Bonchev–Trinajstić information content (AvgIpc) is 2.48. The molecule has 0 aliphatic rings. The number of nitrogens with one attached hydrogen (secondary N) is 1. The minimum atomic E-state index is -0.947. The summed E-state index contributed by atoms with van der Waals surface area (Å²) in [4.78, 5) is 0. The lowest BCUT2D eigenvalue weighted by Crippen LogP contribution is -2.23. The first-order valence-corrected chi connectivity index (χ1v) is 6.27. The van der Waals surface area contributed by atoms with Crippen LogP contribution in [-0.2, 0) is 0 Å². The number of nitrogens with zero attached hydrogens (tertiary/aromatic N) is 1. The first-order valence-electron chi connectivity index (χ1n) is 6.27. The highest BCUT2D eigenvalue weighted by Crippen LogP contribution is 2.20. The molecule has 2 nitrogen and oxygen atoms in total. The maximum atomic E-state index is 13.2. The predicted octanol–water partition coefficient (Wildman–Crippen LogP) is 3.88. The summed E-state index contributed by atoms with van der Waals surface area (Å²) < 4.78 is 26.1. The van der Waals surface area contributed by atoms with Crippen LogP contribution in [0.4, 0.5) is 8.78 Å². The number of nitriles is 1. The lowest BCUT2D eigenvalue weighted by atomic mass is 10.0. The van der Waals surface area contributed by atoms with Gasteiger partial charge in [-0.1, -0.05) is 36.4 Å². The molecule has 0 bridgehead atoms. The van der Waals surface area contributed by atoms with E-state index in [4.69, 9.17) is 0 Å². The molecule has 2 aromatic carbocycles. The van der Waals surface area contributed by atoms with Crippen LogP contribution in [0, 0.1) is 23.0 Å². The summed E-state index contributed by atoms with van der Waals surface area (Å²) in [5.74, 6) is -1.86. The van der Waals surface area contributed by atoms with Crippen molar-refractivity contribution in [2.45, 2.75) is 19.0 Å². The van der Waals surface area contributed by atoms with Gasteiger partial charge in [0.25, 0.3) is 0 Å². The Morgan fingerprint density at radius 3 is 2.30 bits per heavy atom. The van der Waals surface area contributed by atoms with Gasteiger partial charge in [0.15, 0.2) is 11.6 Å². The van der Waals surface area contributed by atoms with Crippen LogP contribution < -0.4 is 5.32 Å².